The van der Waals surface area contributed by atoms with Crippen LogP contribution in [0.5, 0.6) is 0 Å². The molecule has 0 aromatic carbocycles. The van der Waals surface area contributed by atoms with Gasteiger partial charge in [0.05, 0.1) is 6.61 Å². The summed E-state index contributed by atoms with van der Waals surface area (Å²) in [5.74, 6) is -2.37. The van der Waals surface area contributed by atoms with Crippen LogP contribution in [0.2, 0.25) is 0 Å². The molecule has 1 amide bonds. The van der Waals surface area contributed by atoms with Gasteiger partial charge in [-0.1, -0.05) is 6.92 Å². The Morgan fingerprint density at radius 3 is 1.92 bits per heavy atom. The predicted octanol–water partition coefficient (Wildman–Crippen LogP) is -2.99. The molecule has 0 aliphatic carbocycles. The van der Waals surface area contributed by atoms with Crippen LogP contribution in [-0.2, 0) is 28.7 Å². The first-order chi connectivity index (χ1) is 11.5. The average molecular weight is 367 g/mol. The molecule has 6 N–H and O–H groups in total. The van der Waals surface area contributed by atoms with Crippen molar-refractivity contribution in [3.8, 4) is 0 Å². The highest BCUT2D eigenvalue weighted by atomic mass is 16.6. The molecule has 0 aliphatic heterocycles. The first-order valence-electron chi connectivity index (χ1n) is 7.25. The maximum absolute atomic E-state index is 11.5. The second kappa shape index (κ2) is 13.2. The van der Waals surface area contributed by atoms with E-state index in [2.05, 4.69) is 10.5 Å². The Labute approximate surface area is 144 Å². The highest BCUT2D eigenvalue weighted by Gasteiger charge is 2.38. The van der Waals surface area contributed by atoms with Crippen molar-refractivity contribution in [3.05, 3.63) is 0 Å². The minimum atomic E-state index is -1.89. The van der Waals surface area contributed by atoms with Crippen molar-refractivity contribution in [2.75, 3.05) is 6.61 Å². The van der Waals surface area contributed by atoms with E-state index in [1.165, 1.54) is 13.8 Å². The van der Waals surface area contributed by atoms with E-state index in [-0.39, 0.29) is 18.6 Å². The molecule has 0 saturated heterocycles. The van der Waals surface area contributed by atoms with Gasteiger partial charge in [-0.05, 0) is 6.42 Å². The Morgan fingerprint density at radius 2 is 1.60 bits per heavy atom. The Bertz CT molecular complexity index is 437. The Morgan fingerprint density at radius 1 is 1.12 bits per heavy atom. The fourth-order valence-electron chi connectivity index (χ4n) is 1.40. The summed E-state index contributed by atoms with van der Waals surface area (Å²) < 4.78 is 9.30. The number of amides is 1. The van der Waals surface area contributed by atoms with Gasteiger partial charge in [0.25, 0.3) is 0 Å². The first-order valence-corrected chi connectivity index (χ1v) is 7.25. The zero-order chi connectivity index (χ0) is 20.2. The lowest BCUT2D eigenvalue weighted by molar-refractivity contribution is -0.189. The van der Waals surface area contributed by atoms with Gasteiger partial charge >= 0.3 is 11.9 Å². The summed E-state index contributed by atoms with van der Waals surface area (Å²) >= 11 is 0. The number of nitrogens with two attached hydrogens (primary N) is 1. The van der Waals surface area contributed by atoms with E-state index in [9.17, 15) is 34.5 Å². The topological polar surface area (TPSA) is 194 Å². The maximum atomic E-state index is 11.5. The van der Waals surface area contributed by atoms with Gasteiger partial charge in [0.1, 0.15) is 12.2 Å². The number of aliphatic hydroxyl groups excluding tert-OH is 4. The zero-order valence-electron chi connectivity index (χ0n) is 14.2. The molecule has 0 aromatic rings. The van der Waals surface area contributed by atoms with Crippen molar-refractivity contribution in [2.45, 2.75) is 57.7 Å². The Kier molecular flexibility index (Phi) is 13.3. The van der Waals surface area contributed by atoms with Crippen molar-refractivity contribution in [2.24, 2.45) is 5.73 Å². The standard InChI is InChI=1S/C12H20O9.C2H5NO/c1-3-7(16)12(19)21-11(10(18)8(17)4-13)9(5-14)20-6(2)15;1-2(3)4/h5,7-11,13,16-18H,3-4H2,1-2H3;1H3,(H2,3,4)/t7?,8-,9+,10-,11-;/m1./s1. The maximum Gasteiger partial charge on any atom is 0.335 e. The number of ether oxygens (including phenoxy) is 2. The minimum Gasteiger partial charge on any atom is -0.453 e. The van der Waals surface area contributed by atoms with Gasteiger partial charge in [0.15, 0.2) is 24.6 Å². The van der Waals surface area contributed by atoms with E-state index in [0.717, 1.165) is 6.92 Å². The third-order valence-corrected chi connectivity index (χ3v) is 2.59. The smallest absolute Gasteiger partial charge is 0.335 e. The van der Waals surface area contributed by atoms with Crippen LogP contribution >= 0.6 is 0 Å². The van der Waals surface area contributed by atoms with Gasteiger partial charge in [-0.25, -0.2) is 4.79 Å². The average Bonchev–Trinajstić information content (AvgIpc) is 2.54. The molecule has 11 heteroatoms. The molecule has 0 spiro atoms. The van der Waals surface area contributed by atoms with Gasteiger partial charge < -0.3 is 35.6 Å². The van der Waals surface area contributed by atoms with E-state index in [1.54, 1.807) is 0 Å². The molecule has 0 saturated carbocycles. The molecule has 0 bridgehead atoms. The molecule has 146 valence electrons. The van der Waals surface area contributed by atoms with Gasteiger partial charge in [0.2, 0.25) is 5.91 Å². The number of hydrogen-bond acceptors (Lipinski definition) is 10. The summed E-state index contributed by atoms with van der Waals surface area (Å²) in [6.45, 7) is 2.91. The van der Waals surface area contributed by atoms with Crippen LogP contribution in [0.3, 0.4) is 0 Å². The molecule has 1 unspecified atom stereocenters. The lowest BCUT2D eigenvalue weighted by atomic mass is 10.0. The summed E-state index contributed by atoms with van der Waals surface area (Å²) in [5, 5.41) is 37.3. The van der Waals surface area contributed by atoms with Crippen LogP contribution in [-0.4, -0.2) is 81.7 Å². The summed E-state index contributed by atoms with van der Waals surface area (Å²) in [4.78, 5) is 42.6. The van der Waals surface area contributed by atoms with Gasteiger partial charge in [-0.3, -0.25) is 14.4 Å². The number of aldehydes is 1. The van der Waals surface area contributed by atoms with E-state index in [0.29, 0.717) is 0 Å². The SMILES string of the molecule is CC(N)=O.CCC(O)C(=O)O[C@@H]([C@H](O)[C@H](O)CO)[C@H](C=O)OC(C)=O. The van der Waals surface area contributed by atoms with E-state index in [1.807, 2.05) is 0 Å². The molecule has 0 heterocycles. The van der Waals surface area contributed by atoms with Crippen molar-refractivity contribution in [1.82, 2.24) is 0 Å². The highest BCUT2D eigenvalue weighted by molar-refractivity contribution is 5.75. The van der Waals surface area contributed by atoms with Gasteiger partial charge in [0, 0.05) is 13.8 Å². The summed E-state index contributed by atoms with van der Waals surface area (Å²) in [7, 11) is 0. The third kappa shape index (κ3) is 11.2. The van der Waals surface area contributed by atoms with Crippen LogP contribution in [0.1, 0.15) is 27.2 Å². The molecule has 11 nitrogen and oxygen atoms in total. The van der Waals surface area contributed by atoms with Crippen LogP contribution in [0.4, 0.5) is 0 Å². The fraction of sp³-hybridized carbons (Fsp3) is 0.714. The summed E-state index contributed by atoms with van der Waals surface area (Å²) in [5.41, 5.74) is 4.47. The molecule has 5 atom stereocenters. The quantitative estimate of drug-likeness (QED) is 0.207. The Hall–Kier alpha value is -2.08. The van der Waals surface area contributed by atoms with Crippen molar-refractivity contribution in [1.29, 1.82) is 0 Å². The number of carbonyl (C=O) groups is 4. The largest absolute Gasteiger partial charge is 0.453 e. The Balaban J connectivity index is 0. The number of rotatable bonds is 9. The fourth-order valence-corrected chi connectivity index (χ4v) is 1.40. The molecule has 0 aliphatic rings. The van der Waals surface area contributed by atoms with Gasteiger partial charge in [-0.2, -0.15) is 0 Å². The van der Waals surface area contributed by atoms with Gasteiger partial charge in [-0.15, -0.1) is 0 Å². The minimum absolute atomic E-state index is 0.0174. The zero-order valence-corrected chi connectivity index (χ0v) is 14.2. The predicted molar refractivity (Wildman–Crippen MR) is 81.8 cm³/mol. The number of hydrogen-bond donors (Lipinski definition) is 5. The number of carbonyl (C=O) groups excluding carboxylic acids is 4. The summed E-state index contributed by atoms with van der Waals surface area (Å²) in [6.07, 6.45) is -8.46. The van der Waals surface area contributed by atoms with Crippen molar-refractivity contribution in [3.63, 3.8) is 0 Å². The van der Waals surface area contributed by atoms with Crippen LogP contribution < -0.4 is 5.73 Å². The van der Waals surface area contributed by atoms with Crippen molar-refractivity contribution < 1.29 is 49.1 Å². The van der Waals surface area contributed by atoms with E-state index >= 15 is 0 Å². The molecule has 0 aromatic heterocycles. The molecule has 0 fully saturated rings. The van der Waals surface area contributed by atoms with Crippen LogP contribution in [0, 0.1) is 0 Å². The number of esters is 2. The lowest BCUT2D eigenvalue weighted by Crippen LogP contribution is -2.51. The second-order valence-corrected chi connectivity index (χ2v) is 4.89. The lowest BCUT2D eigenvalue weighted by Gasteiger charge is -2.29. The molecule has 0 rings (SSSR count). The monoisotopic (exact) mass is 367 g/mol. The highest BCUT2D eigenvalue weighted by Crippen LogP contribution is 2.13. The molecule has 25 heavy (non-hydrogen) atoms. The van der Waals surface area contributed by atoms with Crippen molar-refractivity contribution >= 4 is 24.1 Å². The molecular formula is C14H25NO10. The normalized spacial score (nSPS) is 16.1. The number of primary amides is 1. The third-order valence-electron chi connectivity index (χ3n) is 2.59. The molecular weight excluding hydrogens is 342 g/mol. The number of aliphatic hydroxyl groups is 4. The summed E-state index contributed by atoms with van der Waals surface area (Å²) in [6, 6.07) is 0. The van der Waals surface area contributed by atoms with E-state index in [4.69, 9.17) is 9.84 Å². The molecule has 0 radical (unpaired) electrons. The van der Waals surface area contributed by atoms with E-state index < -0.39 is 49.1 Å². The first kappa shape index (κ1) is 25.2. The van der Waals surface area contributed by atoms with Crippen LogP contribution in [0.25, 0.3) is 0 Å². The van der Waals surface area contributed by atoms with Crippen LogP contribution in [0.15, 0.2) is 0 Å². The second-order valence-electron chi connectivity index (χ2n) is 4.89.